The smallest absolute Gasteiger partial charge is 0.0680 e. The van der Waals surface area contributed by atoms with Crippen LogP contribution >= 0.6 is 0 Å². The first-order valence-electron chi connectivity index (χ1n) is 10.7. The normalized spacial score (nSPS) is 15.9. The summed E-state index contributed by atoms with van der Waals surface area (Å²) in [4.78, 5) is 0. The van der Waals surface area contributed by atoms with E-state index in [9.17, 15) is 0 Å². The van der Waals surface area contributed by atoms with Crippen LogP contribution in [0.25, 0.3) is 11.4 Å². The van der Waals surface area contributed by atoms with Crippen molar-refractivity contribution < 1.29 is 0 Å². The van der Waals surface area contributed by atoms with Crippen LogP contribution < -0.4 is 5.32 Å². The van der Waals surface area contributed by atoms with Crippen molar-refractivity contribution in [1.82, 2.24) is 24.9 Å². The number of nitrogens with zero attached hydrogens (tertiary/aromatic N) is 4. The quantitative estimate of drug-likeness (QED) is 0.524. The number of aryl methyl sites for hydroxylation is 1. The van der Waals surface area contributed by atoms with E-state index >= 15 is 0 Å². The summed E-state index contributed by atoms with van der Waals surface area (Å²) in [5, 5.41) is 13.0. The van der Waals surface area contributed by atoms with Crippen LogP contribution in [0.5, 0.6) is 0 Å². The zero-order chi connectivity index (χ0) is 20.5. The molecule has 4 aromatic rings. The number of fused-ring (bicyclic) bond motifs is 1. The molecule has 2 heterocycles. The van der Waals surface area contributed by atoms with Crippen LogP contribution in [0.3, 0.4) is 0 Å². The third-order valence-corrected chi connectivity index (χ3v) is 6.20. The average molecular weight is 398 g/mol. The third-order valence-electron chi connectivity index (χ3n) is 6.20. The Morgan fingerprint density at radius 3 is 2.73 bits per heavy atom. The van der Waals surface area contributed by atoms with E-state index in [-0.39, 0.29) is 0 Å². The topological polar surface area (TPSA) is 47.7 Å². The minimum absolute atomic E-state index is 0.327. The molecule has 2 aromatic heterocycles. The maximum atomic E-state index is 4.78. The largest absolute Gasteiger partial charge is 0.306 e. The highest BCUT2D eigenvalue weighted by molar-refractivity contribution is 5.46. The lowest BCUT2D eigenvalue weighted by molar-refractivity contribution is 0.454. The molecule has 5 nitrogen and oxygen atoms in total. The molecular weight excluding hydrogens is 370 g/mol. The second-order valence-corrected chi connectivity index (χ2v) is 8.13. The summed E-state index contributed by atoms with van der Waals surface area (Å²) < 4.78 is 4.08. The first kappa shape index (κ1) is 18.8. The van der Waals surface area contributed by atoms with Crippen LogP contribution in [0.1, 0.15) is 46.8 Å². The SMILES string of the molecule is Cc1cccc(-n2ncc3c2CCCC3NCc2cnn(-c3ccccc3)c2)c1C. The number of hydrogen-bond acceptors (Lipinski definition) is 3. The monoisotopic (exact) mass is 397 g/mol. The fourth-order valence-electron chi connectivity index (χ4n) is 4.36. The number of hydrogen-bond donors (Lipinski definition) is 1. The van der Waals surface area contributed by atoms with Gasteiger partial charge in [0.25, 0.3) is 0 Å². The van der Waals surface area contributed by atoms with Crippen LogP contribution in [-0.4, -0.2) is 19.6 Å². The van der Waals surface area contributed by atoms with Gasteiger partial charge in [0.2, 0.25) is 0 Å². The summed E-state index contributed by atoms with van der Waals surface area (Å²) in [5.41, 5.74) is 8.74. The molecule has 0 saturated heterocycles. The predicted molar refractivity (Wildman–Crippen MR) is 119 cm³/mol. The van der Waals surface area contributed by atoms with E-state index in [0.717, 1.165) is 25.1 Å². The Hall–Kier alpha value is -3.18. The summed E-state index contributed by atoms with van der Waals surface area (Å²) >= 11 is 0. The van der Waals surface area contributed by atoms with Gasteiger partial charge in [0.05, 0.1) is 23.8 Å². The molecule has 0 spiro atoms. The van der Waals surface area contributed by atoms with Crippen molar-refractivity contribution in [2.45, 2.75) is 45.7 Å². The van der Waals surface area contributed by atoms with Crippen LogP contribution in [0.2, 0.25) is 0 Å². The van der Waals surface area contributed by atoms with Gasteiger partial charge < -0.3 is 5.32 Å². The maximum Gasteiger partial charge on any atom is 0.0680 e. The fourth-order valence-corrected chi connectivity index (χ4v) is 4.36. The molecule has 0 bridgehead atoms. The minimum Gasteiger partial charge on any atom is -0.306 e. The molecule has 0 saturated carbocycles. The Labute approximate surface area is 177 Å². The zero-order valence-electron chi connectivity index (χ0n) is 17.5. The lowest BCUT2D eigenvalue weighted by Gasteiger charge is -2.24. The van der Waals surface area contributed by atoms with Crippen LogP contribution in [0, 0.1) is 13.8 Å². The van der Waals surface area contributed by atoms with Gasteiger partial charge in [-0.25, -0.2) is 9.36 Å². The van der Waals surface area contributed by atoms with E-state index in [1.807, 2.05) is 29.1 Å². The zero-order valence-corrected chi connectivity index (χ0v) is 17.5. The van der Waals surface area contributed by atoms with Crippen molar-refractivity contribution in [2.75, 3.05) is 0 Å². The van der Waals surface area contributed by atoms with Gasteiger partial charge in [-0.3, -0.25) is 0 Å². The first-order valence-corrected chi connectivity index (χ1v) is 10.7. The average Bonchev–Trinajstić information content (AvgIpc) is 3.42. The molecular formula is C25H27N5. The lowest BCUT2D eigenvalue weighted by Crippen LogP contribution is -2.25. The molecule has 0 amide bonds. The Bertz CT molecular complexity index is 1160. The molecule has 152 valence electrons. The molecule has 1 atom stereocenters. The van der Waals surface area contributed by atoms with E-state index in [0.29, 0.717) is 6.04 Å². The Morgan fingerprint density at radius 2 is 1.87 bits per heavy atom. The van der Waals surface area contributed by atoms with Gasteiger partial charge in [-0.15, -0.1) is 0 Å². The molecule has 1 N–H and O–H groups in total. The van der Waals surface area contributed by atoms with Gasteiger partial charge in [0, 0.05) is 35.6 Å². The van der Waals surface area contributed by atoms with E-state index in [1.54, 1.807) is 0 Å². The van der Waals surface area contributed by atoms with Gasteiger partial charge in [0.15, 0.2) is 0 Å². The summed E-state index contributed by atoms with van der Waals surface area (Å²) in [6.07, 6.45) is 9.49. The van der Waals surface area contributed by atoms with Gasteiger partial charge in [0.1, 0.15) is 0 Å². The predicted octanol–water partition coefficient (Wildman–Crippen LogP) is 4.84. The standard InChI is InChI=1S/C25H27N5/c1-18-8-6-12-24(19(18)2)30-25-13-7-11-23(22(25)16-28-30)26-14-20-15-27-29(17-20)21-9-4-3-5-10-21/h3-6,8-10,12,15-17,23,26H,7,11,13-14H2,1-2H3. The van der Waals surface area contributed by atoms with Crippen molar-refractivity contribution in [3.05, 3.63) is 95.1 Å². The summed E-state index contributed by atoms with van der Waals surface area (Å²) in [7, 11) is 0. The van der Waals surface area contributed by atoms with E-state index in [4.69, 9.17) is 5.10 Å². The number of nitrogens with one attached hydrogen (secondary N) is 1. The molecule has 5 rings (SSSR count). The van der Waals surface area contributed by atoms with E-state index < -0.39 is 0 Å². The van der Waals surface area contributed by atoms with Gasteiger partial charge in [-0.05, 0) is 62.4 Å². The van der Waals surface area contributed by atoms with Crippen LogP contribution in [0.15, 0.2) is 67.1 Å². The van der Waals surface area contributed by atoms with Crippen molar-refractivity contribution in [3.63, 3.8) is 0 Å². The third kappa shape index (κ3) is 3.46. The summed E-state index contributed by atoms with van der Waals surface area (Å²) in [6.45, 7) is 5.14. The summed E-state index contributed by atoms with van der Waals surface area (Å²) in [5.74, 6) is 0. The summed E-state index contributed by atoms with van der Waals surface area (Å²) in [6, 6.07) is 17.0. The van der Waals surface area contributed by atoms with Crippen molar-refractivity contribution >= 4 is 0 Å². The fraction of sp³-hybridized carbons (Fsp3) is 0.280. The molecule has 2 aromatic carbocycles. The highest BCUT2D eigenvalue weighted by Gasteiger charge is 2.25. The molecule has 30 heavy (non-hydrogen) atoms. The maximum absolute atomic E-state index is 4.78. The molecule has 1 unspecified atom stereocenters. The van der Waals surface area contributed by atoms with Gasteiger partial charge >= 0.3 is 0 Å². The number of aromatic nitrogens is 4. The van der Waals surface area contributed by atoms with E-state index in [2.05, 4.69) is 71.7 Å². The molecule has 1 aliphatic rings. The number of rotatable bonds is 5. The number of benzene rings is 2. The molecule has 1 aliphatic carbocycles. The molecule has 5 heteroatoms. The second-order valence-electron chi connectivity index (χ2n) is 8.13. The Morgan fingerprint density at radius 1 is 1.00 bits per heavy atom. The Balaban J connectivity index is 1.34. The van der Waals surface area contributed by atoms with Crippen molar-refractivity contribution in [2.24, 2.45) is 0 Å². The van der Waals surface area contributed by atoms with Crippen LogP contribution in [-0.2, 0) is 13.0 Å². The molecule has 0 aliphatic heterocycles. The molecule has 0 radical (unpaired) electrons. The Kier molecular flexibility index (Phi) is 4.97. The van der Waals surface area contributed by atoms with Crippen LogP contribution in [0.4, 0.5) is 0 Å². The molecule has 0 fully saturated rings. The first-order chi connectivity index (χ1) is 14.7. The van der Waals surface area contributed by atoms with Crippen molar-refractivity contribution in [1.29, 1.82) is 0 Å². The van der Waals surface area contributed by atoms with Gasteiger partial charge in [-0.2, -0.15) is 10.2 Å². The van der Waals surface area contributed by atoms with E-state index in [1.165, 1.54) is 40.1 Å². The highest BCUT2D eigenvalue weighted by Crippen LogP contribution is 2.32. The number of para-hydroxylation sites is 1. The lowest BCUT2D eigenvalue weighted by atomic mass is 9.92. The second kappa shape index (κ2) is 7.92. The highest BCUT2D eigenvalue weighted by atomic mass is 15.3. The minimum atomic E-state index is 0.327. The van der Waals surface area contributed by atoms with Gasteiger partial charge in [-0.1, -0.05) is 30.3 Å². The van der Waals surface area contributed by atoms with Crippen molar-refractivity contribution in [3.8, 4) is 11.4 Å².